The number of hydrogen-bond donors (Lipinski definition) is 0. The van der Waals surface area contributed by atoms with Crippen molar-refractivity contribution in [1.29, 1.82) is 0 Å². The number of rotatable bonds is 11. The summed E-state index contributed by atoms with van der Waals surface area (Å²) in [5, 5.41) is 1.76. The standard InChI is InChI=1S/C30H34N2O7S/c1-37-16-6-15-32-25-12-10-20(23-8-4-9-24(29(23)25)30(32)34)17-26(33)21-7-5-14-31(19-21)40(35,36)22-11-13-27(38-2)28(18-22)39-3/h4,8-13,18,21H,5-7,14-17,19H2,1-3H3. The molecule has 2 aliphatic heterocycles. The van der Waals surface area contributed by atoms with Crippen molar-refractivity contribution in [2.75, 3.05) is 52.5 Å². The predicted octanol–water partition coefficient (Wildman–Crippen LogP) is 4.07. The number of hydrogen-bond acceptors (Lipinski definition) is 7. The number of carbonyl (C=O) groups excluding carboxylic acids is 2. The number of amides is 1. The van der Waals surface area contributed by atoms with Crippen molar-refractivity contribution in [2.45, 2.75) is 30.6 Å². The Kier molecular flexibility index (Phi) is 8.11. The van der Waals surface area contributed by atoms with Gasteiger partial charge in [-0.3, -0.25) is 9.59 Å². The Bertz CT molecular complexity index is 1550. The second-order valence-corrected chi connectivity index (χ2v) is 12.1. The van der Waals surface area contributed by atoms with Gasteiger partial charge in [0, 0.05) is 62.7 Å². The van der Waals surface area contributed by atoms with Crippen LogP contribution in [0.15, 0.2) is 53.4 Å². The van der Waals surface area contributed by atoms with Gasteiger partial charge in [-0.15, -0.1) is 0 Å². The number of sulfonamides is 1. The van der Waals surface area contributed by atoms with Gasteiger partial charge in [-0.05, 0) is 54.5 Å². The quantitative estimate of drug-likeness (QED) is 0.323. The predicted molar refractivity (Wildman–Crippen MR) is 152 cm³/mol. The van der Waals surface area contributed by atoms with Crippen molar-refractivity contribution in [3.8, 4) is 11.5 Å². The Balaban J connectivity index is 1.35. The number of nitrogens with zero attached hydrogens (tertiary/aromatic N) is 2. The van der Waals surface area contributed by atoms with E-state index >= 15 is 0 Å². The van der Waals surface area contributed by atoms with E-state index in [9.17, 15) is 18.0 Å². The summed E-state index contributed by atoms with van der Waals surface area (Å²) in [7, 11) is 0.765. The SMILES string of the molecule is COCCCN1C(=O)c2cccc3c(CC(=O)C4CCCN(S(=O)(=O)c5ccc(OC)c(OC)c5)C4)ccc1c23. The van der Waals surface area contributed by atoms with E-state index in [1.165, 1.54) is 30.7 Å². The Labute approximate surface area is 234 Å². The van der Waals surface area contributed by atoms with Gasteiger partial charge in [0.1, 0.15) is 5.78 Å². The van der Waals surface area contributed by atoms with Crippen molar-refractivity contribution in [3.05, 3.63) is 59.7 Å². The molecule has 0 radical (unpaired) electrons. The highest BCUT2D eigenvalue weighted by molar-refractivity contribution is 7.89. The largest absolute Gasteiger partial charge is 0.493 e. The number of ether oxygens (including phenoxy) is 3. The van der Waals surface area contributed by atoms with E-state index in [0.29, 0.717) is 49.6 Å². The molecule has 10 heteroatoms. The third-order valence-electron chi connectivity index (χ3n) is 7.80. The van der Waals surface area contributed by atoms with Crippen molar-refractivity contribution < 1.29 is 32.2 Å². The Hall–Kier alpha value is -3.47. The van der Waals surface area contributed by atoms with Crippen LogP contribution < -0.4 is 14.4 Å². The fourth-order valence-electron chi connectivity index (χ4n) is 5.73. The molecule has 3 aromatic carbocycles. The zero-order valence-corrected chi connectivity index (χ0v) is 23.8. The van der Waals surface area contributed by atoms with E-state index in [1.807, 2.05) is 30.3 Å². The fourth-order valence-corrected chi connectivity index (χ4v) is 7.27. The molecule has 0 saturated carbocycles. The van der Waals surface area contributed by atoms with Gasteiger partial charge in [0.25, 0.3) is 5.91 Å². The molecule has 1 unspecified atom stereocenters. The molecular weight excluding hydrogens is 532 g/mol. The molecule has 5 rings (SSSR count). The number of ketones is 1. The van der Waals surface area contributed by atoms with Gasteiger partial charge in [-0.25, -0.2) is 8.42 Å². The number of anilines is 1. The highest BCUT2D eigenvalue weighted by Crippen LogP contribution is 2.39. The zero-order valence-electron chi connectivity index (χ0n) is 23.0. The monoisotopic (exact) mass is 566 g/mol. The van der Waals surface area contributed by atoms with Crippen LogP contribution in [-0.2, 0) is 26.0 Å². The van der Waals surface area contributed by atoms with E-state index in [4.69, 9.17) is 14.2 Å². The van der Waals surface area contributed by atoms with Gasteiger partial charge in [-0.1, -0.05) is 18.2 Å². The third-order valence-corrected chi connectivity index (χ3v) is 9.66. The lowest BCUT2D eigenvalue weighted by atomic mass is 9.89. The molecule has 40 heavy (non-hydrogen) atoms. The normalized spacial score (nSPS) is 17.4. The maximum Gasteiger partial charge on any atom is 0.258 e. The maximum atomic E-state index is 13.5. The van der Waals surface area contributed by atoms with Gasteiger partial charge in [0.05, 0.1) is 24.8 Å². The van der Waals surface area contributed by atoms with Gasteiger partial charge in [0.15, 0.2) is 11.5 Å². The van der Waals surface area contributed by atoms with E-state index in [1.54, 1.807) is 18.1 Å². The van der Waals surface area contributed by atoms with Crippen LogP contribution in [0.4, 0.5) is 5.69 Å². The Morgan fingerprint density at radius 3 is 2.58 bits per heavy atom. The van der Waals surface area contributed by atoms with Crippen LogP contribution in [0, 0.1) is 5.92 Å². The maximum absolute atomic E-state index is 13.5. The van der Waals surface area contributed by atoms with E-state index < -0.39 is 15.9 Å². The lowest BCUT2D eigenvalue weighted by molar-refractivity contribution is -0.123. The first-order valence-corrected chi connectivity index (χ1v) is 14.8. The first-order chi connectivity index (χ1) is 19.3. The van der Waals surface area contributed by atoms with E-state index in [-0.39, 0.29) is 29.6 Å². The lowest BCUT2D eigenvalue weighted by Crippen LogP contribution is -2.42. The second kappa shape index (κ2) is 11.6. The molecule has 9 nitrogen and oxygen atoms in total. The second-order valence-electron chi connectivity index (χ2n) is 10.1. The fraction of sp³-hybridized carbons (Fsp3) is 0.400. The van der Waals surface area contributed by atoms with Gasteiger partial charge in [-0.2, -0.15) is 4.31 Å². The molecule has 0 aromatic heterocycles. The molecule has 0 spiro atoms. The van der Waals surface area contributed by atoms with Crippen LogP contribution in [0.25, 0.3) is 10.8 Å². The minimum atomic E-state index is -3.82. The first-order valence-electron chi connectivity index (χ1n) is 13.4. The Morgan fingerprint density at radius 2 is 1.82 bits per heavy atom. The number of carbonyl (C=O) groups is 2. The van der Waals surface area contributed by atoms with Crippen LogP contribution in [0.5, 0.6) is 11.5 Å². The van der Waals surface area contributed by atoms with Crippen LogP contribution in [0.1, 0.15) is 35.2 Å². The molecular formula is C30H34N2O7S. The molecule has 0 N–H and O–H groups in total. The minimum Gasteiger partial charge on any atom is -0.493 e. The molecule has 1 amide bonds. The van der Waals surface area contributed by atoms with Crippen molar-refractivity contribution in [1.82, 2.24) is 4.31 Å². The molecule has 1 fully saturated rings. The highest BCUT2D eigenvalue weighted by Gasteiger charge is 2.35. The minimum absolute atomic E-state index is 0.00538. The molecule has 2 aliphatic rings. The molecule has 1 saturated heterocycles. The molecule has 212 valence electrons. The summed E-state index contributed by atoms with van der Waals surface area (Å²) in [6, 6.07) is 14.0. The molecule has 1 atom stereocenters. The number of piperidine rings is 1. The van der Waals surface area contributed by atoms with Gasteiger partial charge in [0.2, 0.25) is 10.0 Å². The summed E-state index contributed by atoms with van der Waals surface area (Å²) in [5.74, 6) is 0.311. The summed E-state index contributed by atoms with van der Waals surface area (Å²) in [6.07, 6.45) is 2.12. The zero-order chi connectivity index (χ0) is 28.4. The summed E-state index contributed by atoms with van der Waals surface area (Å²) in [6.45, 7) is 1.60. The summed E-state index contributed by atoms with van der Waals surface area (Å²) < 4.78 is 44.0. The molecule has 2 heterocycles. The number of methoxy groups -OCH3 is 3. The van der Waals surface area contributed by atoms with E-state index in [0.717, 1.165) is 28.4 Å². The van der Waals surface area contributed by atoms with E-state index in [2.05, 4.69) is 0 Å². The van der Waals surface area contributed by atoms with Crippen LogP contribution in [0.2, 0.25) is 0 Å². The molecule has 3 aromatic rings. The van der Waals surface area contributed by atoms with Crippen LogP contribution in [-0.4, -0.2) is 72.0 Å². The molecule has 0 bridgehead atoms. The lowest BCUT2D eigenvalue weighted by Gasteiger charge is -2.31. The summed E-state index contributed by atoms with van der Waals surface area (Å²) in [4.78, 5) is 28.5. The van der Waals surface area contributed by atoms with Crippen molar-refractivity contribution >= 4 is 38.2 Å². The average Bonchev–Trinajstić information content (AvgIpc) is 3.25. The van der Waals surface area contributed by atoms with Gasteiger partial charge >= 0.3 is 0 Å². The first kappa shape index (κ1) is 28.1. The topological polar surface area (TPSA) is 102 Å². The van der Waals surface area contributed by atoms with Gasteiger partial charge < -0.3 is 19.1 Å². The van der Waals surface area contributed by atoms with Crippen molar-refractivity contribution in [2.24, 2.45) is 5.92 Å². The average molecular weight is 567 g/mol. The Morgan fingerprint density at radius 1 is 1.02 bits per heavy atom. The third kappa shape index (κ3) is 5.07. The summed E-state index contributed by atoms with van der Waals surface area (Å²) >= 11 is 0. The highest BCUT2D eigenvalue weighted by atomic mass is 32.2. The molecule has 0 aliphatic carbocycles. The van der Waals surface area contributed by atoms with Crippen molar-refractivity contribution in [3.63, 3.8) is 0 Å². The number of benzene rings is 3. The smallest absolute Gasteiger partial charge is 0.258 e. The summed E-state index contributed by atoms with van der Waals surface area (Å²) in [5.41, 5.74) is 2.34. The number of Topliss-reactive ketones (excluding diaryl/α,β-unsaturated/α-hetero) is 1. The van der Waals surface area contributed by atoms with Crippen LogP contribution in [0.3, 0.4) is 0 Å². The van der Waals surface area contributed by atoms with Crippen LogP contribution >= 0.6 is 0 Å².